The predicted molar refractivity (Wildman–Crippen MR) is 65.1 cm³/mol. The average molecular weight is 277 g/mol. The lowest BCUT2D eigenvalue weighted by molar-refractivity contribution is -0.384. The third kappa shape index (κ3) is 2.12. The van der Waals surface area contributed by atoms with E-state index in [0.717, 1.165) is 10.0 Å². The zero-order valence-electron chi connectivity index (χ0n) is 8.18. The molecule has 0 bridgehead atoms. The van der Waals surface area contributed by atoms with Crippen LogP contribution in [0.25, 0.3) is 11.1 Å². The summed E-state index contributed by atoms with van der Waals surface area (Å²) in [5, 5.41) is 10.9. The second-order valence-corrected chi connectivity index (χ2v) is 4.11. The Balaban J connectivity index is 2.60. The highest BCUT2D eigenvalue weighted by molar-refractivity contribution is 9.10. The smallest absolute Gasteiger partial charge is 0.258 e. The molecule has 0 saturated carbocycles. The molecule has 0 fully saturated rings. The molecule has 0 atom stereocenters. The molecule has 2 aromatic carbocycles. The van der Waals surface area contributed by atoms with Crippen LogP contribution in [-0.2, 0) is 0 Å². The van der Waals surface area contributed by atoms with Crippen molar-refractivity contribution in [1.29, 1.82) is 0 Å². The fraction of sp³-hybridized carbons (Fsp3) is 0. The summed E-state index contributed by atoms with van der Waals surface area (Å²) in [6, 6.07) is 15.0. The first kappa shape index (κ1) is 10.8. The van der Waals surface area contributed by atoms with Gasteiger partial charge in [0.1, 0.15) is 0 Å². The maximum Gasteiger partial charge on any atom is 0.277 e. The Kier molecular flexibility index (Phi) is 3.01. The molecule has 0 aliphatic heterocycles. The lowest BCUT2D eigenvalue weighted by Gasteiger charge is -2.02. The molecule has 0 aromatic heterocycles. The minimum absolute atomic E-state index is 0.0700. The first-order valence-electron chi connectivity index (χ1n) is 4.59. The third-order valence-electron chi connectivity index (χ3n) is 2.14. The van der Waals surface area contributed by atoms with Crippen LogP contribution in [0.15, 0.2) is 46.9 Å². The minimum Gasteiger partial charge on any atom is -0.258 e. The molecule has 4 heteroatoms. The number of nitro groups is 1. The highest BCUT2D eigenvalue weighted by Gasteiger charge is 2.14. The minimum atomic E-state index is -0.396. The van der Waals surface area contributed by atoms with E-state index >= 15 is 0 Å². The predicted octanol–water partition coefficient (Wildman–Crippen LogP) is 3.82. The first-order chi connectivity index (χ1) is 7.68. The van der Waals surface area contributed by atoms with Crippen molar-refractivity contribution in [2.45, 2.75) is 0 Å². The van der Waals surface area contributed by atoms with Crippen LogP contribution in [0.4, 0.5) is 5.69 Å². The molecule has 3 nitrogen and oxygen atoms in total. The second-order valence-electron chi connectivity index (χ2n) is 3.20. The third-order valence-corrected chi connectivity index (χ3v) is 2.64. The van der Waals surface area contributed by atoms with Crippen molar-refractivity contribution in [2.24, 2.45) is 0 Å². The summed E-state index contributed by atoms with van der Waals surface area (Å²) in [5.41, 5.74) is 1.36. The highest BCUT2D eigenvalue weighted by atomic mass is 79.9. The van der Waals surface area contributed by atoms with Crippen LogP contribution in [0.2, 0.25) is 0 Å². The molecular formula is C12H7BrNO2. The summed E-state index contributed by atoms with van der Waals surface area (Å²) in [5.74, 6) is 0. The average Bonchev–Trinajstić information content (AvgIpc) is 2.29. The summed E-state index contributed by atoms with van der Waals surface area (Å²) in [7, 11) is 0. The molecule has 79 valence electrons. The number of nitrogens with zero attached hydrogens (tertiary/aromatic N) is 1. The van der Waals surface area contributed by atoms with Crippen molar-refractivity contribution < 1.29 is 4.92 Å². The lowest BCUT2D eigenvalue weighted by Crippen LogP contribution is -1.91. The summed E-state index contributed by atoms with van der Waals surface area (Å²) in [6.07, 6.45) is 0. The van der Waals surface area contributed by atoms with Gasteiger partial charge in [-0.1, -0.05) is 40.2 Å². The Morgan fingerprint density at radius 1 is 1.25 bits per heavy atom. The second kappa shape index (κ2) is 4.45. The fourth-order valence-electron chi connectivity index (χ4n) is 1.46. The zero-order valence-corrected chi connectivity index (χ0v) is 9.77. The zero-order chi connectivity index (χ0) is 11.5. The fourth-order valence-corrected chi connectivity index (χ4v) is 1.85. The topological polar surface area (TPSA) is 43.1 Å². The van der Waals surface area contributed by atoms with Crippen LogP contribution in [0.1, 0.15) is 0 Å². The van der Waals surface area contributed by atoms with E-state index in [4.69, 9.17) is 0 Å². The number of rotatable bonds is 2. The van der Waals surface area contributed by atoms with Gasteiger partial charge in [-0.3, -0.25) is 10.1 Å². The van der Waals surface area contributed by atoms with E-state index in [1.165, 1.54) is 6.07 Å². The summed E-state index contributed by atoms with van der Waals surface area (Å²) in [6.45, 7) is 0. The van der Waals surface area contributed by atoms with Gasteiger partial charge in [-0.05, 0) is 23.8 Å². The molecular weight excluding hydrogens is 270 g/mol. The highest BCUT2D eigenvalue weighted by Crippen LogP contribution is 2.30. The van der Waals surface area contributed by atoms with Gasteiger partial charge in [0.25, 0.3) is 5.69 Å². The van der Waals surface area contributed by atoms with Crippen LogP contribution in [0.3, 0.4) is 0 Å². The van der Waals surface area contributed by atoms with Gasteiger partial charge < -0.3 is 0 Å². The summed E-state index contributed by atoms with van der Waals surface area (Å²) < 4.78 is 0.886. The Labute approximate surface area is 101 Å². The van der Waals surface area contributed by atoms with Crippen molar-refractivity contribution in [1.82, 2.24) is 0 Å². The number of hydrogen-bond donors (Lipinski definition) is 0. The van der Waals surface area contributed by atoms with Crippen molar-refractivity contribution in [3.63, 3.8) is 0 Å². The number of benzene rings is 2. The van der Waals surface area contributed by atoms with Gasteiger partial charge in [0.2, 0.25) is 0 Å². The molecule has 0 unspecified atom stereocenters. The maximum absolute atomic E-state index is 10.9. The van der Waals surface area contributed by atoms with E-state index in [1.807, 2.05) is 24.3 Å². The quantitative estimate of drug-likeness (QED) is 0.618. The summed E-state index contributed by atoms with van der Waals surface area (Å²) in [4.78, 5) is 10.5. The Hall–Kier alpha value is -1.68. The number of hydrogen-bond acceptors (Lipinski definition) is 2. The Morgan fingerprint density at radius 2 is 2.06 bits per heavy atom. The maximum atomic E-state index is 10.9. The van der Waals surface area contributed by atoms with Gasteiger partial charge in [-0.15, -0.1) is 0 Å². The van der Waals surface area contributed by atoms with E-state index in [0.29, 0.717) is 5.56 Å². The van der Waals surface area contributed by atoms with Gasteiger partial charge in [-0.2, -0.15) is 0 Å². The molecule has 0 N–H and O–H groups in total. The molecule has 16 heavy (non-hydrogen) atoms. The van der Waals surface area contributed by atoms with Crippen molar-refractivity contribution in [2.75, 3.05) is 0 Å². The van der Waals surface area contributed by atoms with E-state index in [2.05, 4.69) is 22.0 Å². The number of nitro benzene ring substituents is 1. The van der Waals surface area contributed by atoms with Crippen LogP contribution >= 0.6 is 15.9 Å². The monoisotopic (exact) mass is 276 g/mol. The van der Waals surface area contributed by atoms with Gasteiger partial charge >= 0.3 is 0 Å². The van der Waals surface area contributed by atoms with Crippen molar-refractivity contribution in [3.8, 4) is 11.1 Å². The molecule has 0 saturated heterocycles. The van der Waals surface area contributed by atoms with Gasteiger partial charge in [0.05, 0.1) is 10.5 Å². The molecule has 0 aliphatic rings. The molecule has 0 heterocycles. The lowest BCUT2D eigenvalue weighted by atomic mass is 10.0. The van der Waals surface area contributed by atoms with Crippen molar-refractivity contribution >= 4 is 21.6 Å². The van der Waals surface area contributed by atoms with E-state index < -0.39 is 4.92 Å². The molecule has 0 aliphatic carbocycles. The summed E-state index contributed by atoms with van der Waals surface area (Å²) >= 11 is 3.34. The van der Waals surface area contributed by atoms with Crippen molar-refractivity contribution in [3.05, 3.63) is 63.1 Å². The normalized spacial score (nSPS) is 10.1. The van der Waals surface area contributed by atoms with Crippen LogP contribution in [0.5, 0.6) is 0 Å². The number of halogens is 1. The van der Waals surface area contributed by atoms with Crippen LogP contribution in [-0.4, -0.2) is 4.92 Å². The molecule has 0 amide bonds. The Morgan fingerprint density at radius 3 is 2.75 bits per heavy atom. The van der Waals surface area contributed by atoms with E-state index in [-0.39, 0.29) is 5.69 Å². The SMILES string of the molecule is O=[N+]([O-])c1ccc[c]c1-c1cccc(Br)c1. The van der Waals surface area contributed by atoms with Crippen LogP contribution in [0, 0.1) is 16.2 Å². The van der Waals surface area contributed by atoms with E-state index in [1.54, 1.807) is 12.1 Å². The Bertz CT molecular complexity index is 540. The van der Waals surface area contributed by atoms with Gasteiger partial charge in [0.15, 0.2) is 0 Å². The standard InChI is InChI=1S/C12H7BrNO2/c13-10-5-3-4-9(8-10)11-6-1-2-7-12(11)14(15)16/h1-5,7-8H. The van der Waals surface area contributed by atoms with Gasteiger partial charge in [0, 0.05) is 10.5 Å². The van der Waals surface area contributed by atoms with E-state index in [9.17, 15) is 10.1 Å². The first-order valence-corrected chi connectivity index (χ1v) is 5.39. The molecule has 2 rings (SSSR count). The molecule has 0 spiro atoms. The van der Waals surface area contributed by atoms with Gasteiger partial charge in [-0.25, -0.2) is 0 Å². The molecule has 2 aromatic rings. The molecule has 1 radical (unpaired) electrons. The largest absolute Gasteiger partial charge is 0.277 e. The van der Waals surface area contributed by atoms with Crippen LogP contribution < -0.4 is 0 Å².